The summed E-state index contributed by atoms with van der Waals surface area (Å²) in [7, 11) is 4.06. The number of amides is 2. The Morgan fingerprint density at radius 3 is 2.30 bits per heavy atom. The fraction of sp³-hybridized carbons (Fsp3) is 0.654. The highest BCUT2D eigenvalue weighted by Gasteiger charge is 2.28. The first-order valence-electron chi connectivity index (χ1n) is 12.1. The number of carbonyl (C=O) groups is 3. The summed E-state index contributed by atoms with van der Waals surface area (Å²) in [6, 6.07) is 7.09. The lowest BCUT2D eigenvalue weighted by Crippen LogP contribution is -2.46. The van der Waals surface area contributed by atoms with E-state index in [-0.39, 0.29) is 41.8 Å². The number of hydrogen-bond acceptors (Lipinski definition) is 5. The third-order valence-electron chi connectivity index (χ3n) is 5.92. The number of likely N-dealkylation sites (tertiary alicyclic amines) is 1. The summed E-state index contributed by atoms with van der Waals surface area (Å²) in [5.41, 5.74) is 0.602. The number of Topliss-reactive ketones (excluding diaryl/α,β-unsaturated/α-hetero) is 1. The van der Waals surface area contributed by atoms with Crippen LogP contribution in [0.3, 0.4) is 0 Å². The van der Waals surface area contributed by atoms with E-state index in [1.54, 1.807) is 29.2 Å². The van der Waals surface area contributed by atoms with Crippen molar-refractivity contribution >= 4 is 17.6 Å². The number of nitrogens with zero attached hydrogens (tertiary/aromatic N) is 2. The van der Waals surface area contributed by atoms with Gasteiger partial charge in [-0.3, -0.25) is 14.4 Å². The predicted octanol–water partition coefficient (Wildman–Crippen LogP) is 3.38. The number of nitrogens with one attached hydrogen (secondary N) is 1. The minimum Gasteiger partial charge on any atom is -0.494 e. The van der Waals surface area contributed by atoms with Gasteiger partial charge >= 0.3 is 0 Å². The molecule has 1 aliphatic rings. The summed E-state index contributed by atoms with van der Waals surface area (Å²) in [6.07, 6.45) is 2.65. The number of ketones is 1. The third-order valence-corrected chi connectivity index (χ3v) is 5.92. The molecular weight excluding hydrogens is 418 g/mol. The molecular formula is C26H41N3O4. The Kier molecular flexibility index (Phi) is 10.4. The van der Waals surface area contributed by atoms with Crippen molar-refractivity contribution in [3.63, 3.8) is 0 Å². The van der Waals surface area contributed by atoms with E-state index in [1.807, 2.05) is 21.0 Å². The molecule has 1 aromatic carbocycles. The highest BCUT2D eigenvalue weighted by molar-refractivity contribution is 5.98. The minimum atomic E-state index is -0.0562. The molecule has 0 unspecified atom stereocenters. The Balaban J connectivity index is 1.72. The van der Waals surface area contributed by atoms with Crippen molar-refractivity contribution < 1.29 is 19.1 Å². The average Bonchev–Trinajstić information content (AvgIpc) is 2.79. The summed E-state index contributed by atoms with van der Waals surface area (Å²) in [4.78, 5) is 41.5. The van der Waals surface area contributed by atoms with Crippen LogP contribution >= 0.6 is 0 Å². The molecule has 184 valence electrons. The van der Waals surface area contributed by atoms with Crippen LogP contribution in [-0.2, 0) is 9.59 Å². The number of benzene rings is 1. The first-order valence-corrected chi connectivity index (χ1v) is 12.1. The smallest absolute Gasteiger partial charge is 0.223 e. The summed E-state index contributed by atoms with van der Waals surface area (Å²) in [5, 5.41) is 3.09. The molecule has 1 saturated heterocycles. The maximum absolute atomic E-state index is 12.6. The first-order chi connectivity index (χ1) is 15.6. The van der Waals surface area contributed by atoms with E-state index >= 15 is 0 Å². The topological polar surface area (TPSA) is 79.0 Å². The summed E-state index contributed by atoms with van der Waals surface area (Å²) in [6.45, 7) is 9.64. The van der Waals surface area contributed by atoms with E-state index in [9.17, 15) is 14.4 Å². The van der Waals surface area contributed by atoms with Gasteiger partial charge in [-0.2, -0.15) is 0 Å². The number of piperidine rings is 1. The van der Waals surface area contributed by atoms with Gasteiger partial charge in [0.15, 0.2) is 5.78 Å². The van der Waals surface area contributed by atoms with Crippen LogP contribution in [0.2, 0.25) is 0 Å². The van der Waals surface area contributed by atoms with Gasteiger partial charge in [-0.05, 0) is 63.0 Å². The molecule has 1 aromatic rings. The third kappa shape index (κ3) is 9.16. The monoisotopic (exact) mass is 459 g/mol. The van der Waals surface area contributed by atoms with Gasteiger partial charge < -0.3 is 19.9 Å². The molecule has 7 nitrogen and oxygen atoms in total. The van der Waals surface area contributed by atoms with Gasteiger partial charge in [0.05, 0.1) is 6.61 Å². The molecule has 2 amide bonds. The van der Waals surface area contributed by atoms with Crippen LogP contribution in [0.15, 0.2) is 24.3 Å². The summed E-state index contributed by atoms with van der Waals surface area (Å²) < 4.78 is 5.54. The maximum atomic E-state index is 12.6. The molecule has 0 saturated carbocycles. The van der Waals surface area contributed by atoms with Crippen molar-refractivity contribution in [2.75, 3.05) is 46.9 Å². The number of carbonyl (C=O) groups excluding carboxylic acids is 3. The van der Waals surface area contributed by atoms with Crippen LogP contribution < -0.4 is 10.1 Å². The predicted molar refractivity (Wildman–Crippen MR) is 130 cm³/mol. The Bertz CT molecular complexity index is 781. The SMILES string of the molecule is CCCOc1ccc(C(=O)CCC(=O)N2CCC(C(=O)NCC(C)(C)CN(C)C)CC2)cc1. The van der Waals surface area contributed by atoms with Gasteiger partial charge in [-0.15, -0.1) is 0 Å². The van der Waals surface area contributed by atoms with E-state index in [0.29, 0.717) is 44.6 Å². The second-order valence-electron chi connectivity index (χ2n) is 10.1. The molecule has 0 spiro atoms. The highest BCUT2D eigenvalue weighted by atomic mass is 16.5. The molecule has 7 heteroatoms. The molecule has 1 heterocycles. The minimum absolute atomic E-state index is 0.00518. The zero-order chi connectivity index (χ0) is 24.4. The molecule has 0 aliphatic carbocycles. The van der Waals surface area contributed by atoms with Crippen LogP contribution in [0.5, 0.6) is 5.75 Å². The van der Waals surface area contributed by atoms with Crippen LogP contribution in [-0.4, -0.2) is 74.3 Å². The fourth-order valence-corrected chi connectivity index (χ4v) is 4.25. The van der Waals surface area contributed by atoms with E-state index < -0.39 is 0 Å². The maximum Gasteiger partial charge on any atom is 0.223 e. The molecule has 0 atom stereocenters. The lowest BCUT2D eigenvalue weighted by molar-refractivity contribution is -0.135. The quantitative estimate of drug-likeness (QED) is 0.485. The summed E-state index contributed by atoms with van der Waals surface area (Å²) >= 11 is 0. The van der Waals surface area contributed by atoms with Crippen molar-refractivity contribution in [3.05, 3.63) is 29.8 Å². The van der Waals surface area contributed by atoms with Gasteiger partial charge in [-0.25, -0.2) is 0 Å². The van der Waals surface area contributed by atoms with E-state index in [2.05, 4.69) is 24.1 Å². The number of rotatable bonds is 12. The van der Waals surface area contributed by atoms with Crippen LogP contribution in [0.4, 0.5) is 0 Å². The molecule has 0 aromatic heterocycles. The highest BCUT2D eigenvalue weighted by Crippen LogP contribution is 2.21. The Hall–Kier alpha value is -2.41. The van der Waals surface area contributed by atoms with Crippen molar-refractivity contribution in [2.24, 2.45) is 11.3 Å². The summed E-state index contributed by atoms with van der Waals surface area (Å²) in [5.74, 6) is 0.713. The molecule has 33 heavy (non-hydrogen) atoms. The molecule has 1 N–H and O–H groups in total. The van der Waals surface area contributed by atoms with Gasteiger partial charge in [0.1, 0.15) is 5.75 Å². The molecule has 1 aliphatic heterocycles. The zero-order valence-corrected chi connectivity index (χ0v) is 21.0. The van der Waals surface area contributed by atoms with E-state index in [0.717, 1.165) is 18.7 Å². The second-order valence-corrected chi connectivity index (χ2v) is 10.1. The Morgan fingerprint density at radius 1 is 1.09 bits per heavy atom. The molecule has 0 bridgehead atoms. The Morgan fingerprint density at radius 2 is 1.73 bits per heavy atom. The first kappa shape index (κ1) is 26.8. The van der Waals surface area contributed by atoms with E-state index in [4.69, 9.17) is 4.74 Å². The van der Waals surface area contributed by atoms with Crippen molar-refractivity contribution in [3.8, 4) is 5.75 Å². The van der Waals surface area contributed by atoms with Crippen molar-refractivity contribution in [2.45, 2.75) is 52.9 Å². The largest absolute Gasteiger partial charge is 0.494 e. The zero-order valence-electron chi connectivity index (χ0n) is 21.0. The lowest BCUT2D eigenvalue weighted by Gasteiger charge is -2.33. The van der Waals surface area contributed by atoms with Crippen LogP contribution in [0, 0.1) is 11.3 Å². The van der Waals surface area contributed by atoms with Gasteiger partial charge in [0.2, 0.25) is 11.8 Å². The normalized spacial score (nSPS) is 14.9. The number of ether oxygens (including phenoxy) is 1. The van der Waals surface area contributed by atoms with Gasteiger partial charge in [0, 0.05) is 50.5 Å². The van der Waals surface area contributed by atoms with Crippen LogP contribution in [0.25, 0.3) is 0 Å². The molecule has 0 radical (unpaired) electrons. The molecule has 2 rings (SSSR count). The fourth-order valence-electron chi connectivity index (χ4n) is 4.25. The standard InChI is InChI=1S/C26H41N3O4/c1-6-17-33-22-9-7-20(8-10-22)23(30)11-12-24(31)29-15-13-21(14-16-29)25(32)27-18-26(2,3)19-28(4)5/h7-10,21H,6,11-19H2,1-5H3,(H,27,32). The van der Waals surface area contributed by atoms with E-state index in [1.165, 1.54) is 0 Å². The Labute approximate surface area is 198 Å². The second kappa shape index (κ2) is 12.7. The average molecular weight is 460 g/mol. The van der Waals surface area contributed by atoms with Crippen molar-refractivity contribution in [1.29, 1.82) is 0 Å². The van der Waals surface area contributed by atoms with Gasteiger partial charge in [-0.1, -0.05) is 20.8 Å². The molecule has 1 fully saturated rings. The van der Waals surface area contributed by atoms with Gasteiger partial charge in [0.25, 0.3) is 0 Å². The number of hydrogen-bond donors (Lipinski definition) is 1. The van der Waals surface area contributed by atoms with Crippen LogP contribution in [0.1, 0.15) is 63.2 Å². The lowest BCUT2D eigenvalue weighted by atomic mass is 9.91. The van der Waals surface area contributed by atoms with Crippen molar-refractivity contribution in [1.82, 2.24) is 15.1 Å².